The number of hydrogen-bond acceptors (Lipinski definition) is 3. The van der Waals surface area contributed by atoms with E-state index in [1.165, 1.54) is 22.4 Å². The highest BCUT2D eigenvalue weighted by Crippen LogP contribution is 2.23. The van der Waals surface area contributed by atoms with Crippen LogP contribution in [0.3, 0.4) is 0 Å². The van der Waals surface area contributed by atoms with Crippen LogP contribution in [-0.4, -0.2) is 17.7 Å². The minimum atomic E-state index is 0.773. The summed E-state index contributed by atoms with van der Waals surface area (Å²) in [6.07, 6.45) is 2.10. The standard InChI is InChI=1S/C27H29N3S/c1-2-18-28-20-23-15-13-22(14-16-23)17-19-29-27-30(25-11-7-4-8-12-25)26(21-31-27)24-9-5-3-6-10-24/h3-16,21,28H,2,17-20H2,1H3. The molecule has 0 bridgehead atoms. The van der Waals surface area contributed by atoms with Crippen molar-refractivity contribution in [3.8, 4) is 16.9 Å². The van der Waals surface area contributed by atoms with Gasteiger partial charge in [-0.3, -0.25) is 9.56 Å². The SMILES string of the molecule is CCCNCc1ccc(CCN=c2scc(-c3ccccc3)n2-c2ccccc2)cc1. The lowest BCUT2D eigenvalue weighted by Crippen LogP contribution is -2.15. The zero-order valence-corrected chi connectivity index (χ0v) is 18.8. The van der Waals surface area contributed by atoms with Crippen molar-refractivity contribution in [2.45, 2.75) is 26.3 Å². The van der Waals surface area contributed by atoms with Gasteiger partial charge in [0.2, 0.25) is 0 Å². The number of nitrogens with zero attached hydrogens (tertiary/aromatic N) is 2. The second-order valence-electron chi connectivity index (χ2n) is 7.57. The van der Waals surface area contributed by atoms with E-state index in [-0.39, 0.29) is 0 Å². The van der Waals surface area contributed by atoms with Gasteiger partial charge in [0.1, 0.15) is 0 Å². The fraction of sp³-hybridized carbons (Fsp3) is 0.222. The van der Waals surface area contributed by atoms with Crippen molar-refractivity contribution in [2.24, 2.45) is 4.99 Å². The Labute approximate surface area is 188 Å². The summed E-state index contributed by atoms with van der Waals surface area (Å²) < 4.78 is 2.27. The van der Waals surface area contributed by atoms with E-state index >= 15 is 0 Å². The Morgan fingerprint density at radius 3 is 2.23 bits per heavy atom. The largest absolute Gasteiger partial charge is 0.313 e. The third-order valence-corrected chi connectivity index (χ3v) is 6.08. The molecule has 0 aliphatic heterocycles. The predicted molar refractivity (Wildman–Crippen MR) is 132 cm³/mol. The van der Waals surface area contributed by atoms with Gasteiger partial charge in [0.25, 0.3) is 0 Å². The third kappa shape index (κ3) is 5.60. The third-order valence-electron chi connectivity index (χ3n) is 5.22. The fourth-order valence-electron chi connectivity index (χ4n) is 3.57. The van der Waals surface area contributed by atoms with Crippen LogP contribution in [0.25, 0.3) is 16.9 Å². The van der Waals surface area contributed by atoms with E-state index < -0.39 is 0 Å². The van der Waals surface area contributed by atoms with E-state index in [9.17, 15) is 0 Å². The van der Waals surface area contributed by atoms with Gasteiger partial charge in [0, 0.05) is 24.2 Å². The smallest absolute Gasteiger partial charge is 0.189 e. The minimum absolute atomic E-state index is 0.773. The van der Waals surface area contributed by atoms with Crippen molar-refractivity contribution in [2.75, 3.05) is 13.1 Å². The number of thiazole rings is 1. The Bertz CT molecular complexity index is 1130. The van der Waals surface area contributed by atoms with Crippen LogP contribution in [0.2, 0.25) is 0 Å². The van der Waals surface area contributed by atoms with Crippen molar-refractivity contribution < 1.29 is 0 Å². The molecule has 31 heavy (non-hydrogen) atoms. The van der Waals surface area contributed by atoms with E-state index in [2.05, 4.69) is 107 Å². The number of para-hydroxylation sites is 1. The first-order chi connectivity index (χ1) is 15.3. The summed E-state index contributed by atoms with van der Waals surface area (Å²) in [5, 5.41) is 5.66. The highest BCUT2D eigenvalue weighted by Gasteiger charge is 2.09. The number of rotatable bonds is 9. The van der Waals surface area contributed by atoms with Gasteiger partial charge in [-0.05, 0) is 48.2 Å². The maximum absolute atomic E-state index is 4.98. The van der Waals surface area contributed by atoms with Crippen LogP contribution in [-0.2, 0) is 13.0 Å². The van der Waals surface area contributed by atoms with E-state index in [1.54, 1.807) is 11.3 Å². The molecule has 1 N–H and O–H groups in total. The van der Waals surface area contributed by atoms with Gasteiger partial charge >= 0.3 is 0 Å². The molecule has 0 saturated heterocycles. The molecular formula is C27H29N3S. The van der Waals surface area contributed by atoms with Crippen LogP contribution in [0.1, 0.15) is 24.5 Å². The molecule has 0 aliphatic rings. The van der Waals surface area contributed by atoms with Gasteiger partial charge in [-0.25, -0.2) is 0 Å². The van der Waals surface area contributed by atoms with Crippen molar-refractivity contribution in [1.82, 2.24) is 9.88 Å². The summed E-state index contributed by atoms with van der Waals surface area (Å²) in [6, 6.07) is 29.9. The molecule has 1 aromatic heterocycles. The Morgan fingerprint density at radius 1 is 0.839 bits per heavy atom. The molecule has 0 aliphatic carbocycles. The van der Waals surface area contributed by atoms with Crippen molar-refractivity contribution in [1.29, 1.82) is 0 Å². The summed E-state index contributed by atoms with van der Waals surface area (Å²) >= 11 is 1.70. The lowest BCUT2D eigenvalue weighted by atomic mass is 10.1. The molecule has 3 nitrogen and oxygen atoms in total. The molecule has 3 aromatic carbocycles. The Morgan fingerprint density at radius 2 is 1.52 bits per heavy atom. The predicted octanol–water partition coefficient (Wildman–Crippen LogP) is 5.85. The van der Waals surface area contributed by atoms with Gasteiger partial charge in [0.15, 0.2) is 4.80 Å². The van der Waals surface area contributed by atoms with Crippen LogP contribution < -0.4 is 10.1 Å². The van der Waals surface area contributed by atoms with Crippen LogP contribution in [0.4, 0.5) is 0 Å². The van der Waals surface area contributed by atoms with Crippen molar-refractivity contribution in [3.63, 3.8) is 0 Å². The zero-order chi connectivity index (χ0) is 21.3. The highest BCUT2D eigenvalue weighted by molar-refractivity contribution is 7.07. The van der Waals surface area contributed by atoms with Gasteiger partial charge in [-0.15, -0.1) is 11.3 Å². The summed E-state index contributed by atoms with van der Waals surface area (Å²) in [4.78, 5) is 6.01. The van der Waals surface area contributed by atoms with Crippen LogP contribution >= 0.6 is 11.3 Å². The topological polar surface area (TPSA) is 29.3 Å². The van der Waals surface area contributed by atoms with Gasteiger partial charge in [-0.1, -0.05) is 79.7 Å². The van der Waals surface area contributed by atoms with E-state index in [1.807, 2.05) is 0 Å². The molecule has 0 saturated carbocycles. The van der Waals surface area contributed by atoms with E-state index in [0.29, 0.717) is 0 Å². The van der Waals surface area contributed by atoms with Gasteiger partial charge in [0.05, 0.1) is 5.69 Å². The molecule has 4 heteroatoms. The molecule has 0 fully saturated rings. The number of hydrogen-bond donors (Lipinski definition) is 1. The number of benzene rings is 3. The molecule has 0 spiro atoms. The molecule has 4 rings (SSSR count). The molecule has 1 heterocycles. The van der Waals surface area contributed by atoms with Gasteiger partial charge < -0.3 is 5.32 Å². The summed E-state index contributed by atoms with van der Waals surface area (Å²) in [7, 11) is 0. The highest BCUT2D eigenvalue weighted by atomic mass is 32.1. The quantitative estimate of drug-likeness (QED) is 0.334. The average molecular weight is 428 g/mol. The normalized spacial score (nSPS) is 11.7. The fourth-order valence-corrected chi connectivity index (χ4v) is 4.51. The van der Waals surface area contributed by atoms with E-state index in [0.717, 1.165) is 43.0 Å². The second-order valence-corrected chi connectivity index (χ2v) is 8.40. The van der Waals surface area contributed by atoms with Crippen LogP contribution in [0, 0.1) is 0 Å². The monoisotopic (exact) mass is 427 g/mol. The molecule has 0 amide bonds. The van der Waals surface area contributed by atoms with Crippen LogP contribution in [0.15, 0.2) is 95.3 Å². The van der Waals surface area contributed by atoms with Crippen molar-refractivity contribution >= 4 is 11.3 Å². The Kier molecular flexibility index (Phi) is 7.48. The molecule has 4 aromatic rings. The molecule has 0 atom stereocenters. The zero-order valence-electron chi connectivity index (χ0n) is 18.0. The summed E-state index contributed by atoms with van der Waals surface area (Å²) in [5.41, 5.74) is 6.19. The Hall–Kier alpha value is -2.95. The maximum Gasteiger partial charge on any atom is 0.189 e. The molecule has 0 radical (unpaired) electrons. The number of nitrogens with one attached hydrogen (secondary N) is 1. The van der Waals surface area contributed by atoms with E-state index in [4.69, 9.17) is 4.99 Å². The summed E-state index contributed by atoms with van der Waals surface area (Å²) in [5.74, 6) is 0. The summed E-state index contributed by atoms with van der Waals surface area (Å²) in [6.45, 7) is 4.97. The van der Waals surface area contributed by atoms with Crippen LogP contribution in [0.5, 0.6) is 0 Å². The lowest BCUT2D eigenvalue weighted by Gasteiger charge is -2.09. The average Bonchev–Trinajstić information content (AvgIpc) is 3.25. The maximum atomic E-state index is 4.98. The molecular weight excluding hydrogens is 398 g/mol. The van der Waals surface area contributed by atoms with Gasteiger partial charge in [-0.2, -0.15) is 0 Å². The molecule has 0 unspecified atom stereocenters. The minimum Gasteiger partial charge on any atom is -0.313 e. The first-order valence-corrected chi connectivity index (χ1v) is 11.8. The second kappa shape index (κ2) is 10.9. The Balaban J connectivity index is 1.53. The van der Waals surface area contributed by atoms with Crippen molar-refractivity contribution in [3.05, 3.63) is 106 Å². The lowest BCUT2D eigenvalue weighted by molar-refractivity contribution is 0.675. The first kappa shape index (κ1) is 21.3. The number of aromatic nitrogens is 1. The molecule has 158 valence electrons. The first-order valence-electron chi connectivity index (χ1n) is 11.0.